The molecule has 0 unspecified atom stereocenters. The summed E-state index contributed by atoms with van der Waals surface area (Å²) in [4.78, 5) is 0. The normalized spacial score (nSPS) is 14.0. The molecule has 0 spiro atoms. The smallest absolute Gasteiger partial charge is 0.203 e. The van der Waals surface area contributed by atoms with Gasteiger partial charge in [-0.1, -0.05) is 13.8 Å². The van der Waals surface area contributed by atoms with Crippen molar-refractivity contribution in [3.8, 4) is 0 Å². The van der Waals surface area contributed by atoms with Crippen LogP contribution in [0.25, 0.3) is 0 Å². The minimum Gasteiger partial charge on any atom is -0.203 e. The Hall–Kier alpha value is -0.300. The van der Waals surface area contributed by atoms with Gasteiger partial charge in [0.15, 0.2) is 0 Å². The zero-order valence-electron chi connectivity index (χ0n) is 8.30. The molecule has 0 bridgehead atoms. The van der Waals surface area contributed by atoms with E-state index in [2.05, 4.69) is 0 Å². The lowest BCUT2D eigenvalue weighted by atomic mass is 10.1. The van der Waals surface area contributed by atoms with Gasteiger partial charge in [0.25, 0.3) is 0 Å². The first-order chi connectivity index (χ1) is 6.09. The van der Waals surface area contributed by atoms with Crippen molar-refractivity contribution in [2.75, 3.05) is 13.6 Å². The third-order valence-corrected chi connectivity index (χ3v) is 3.31. The van der Waals surface area contributed by atoms with Crippen LogP contribution < -0.4 is 0 Å². The van der Waals surface area contributed by atoms with Gasteiger partial charge in [-0.3, -0.25) is 0 Å². The summed E-state index contributed by atoms with van der Waals surface area (Å²) < 4.78 is 57.8. The van der Waals surface area contributed by atoms with Gasteiger partial charge >= 0.3 is 15.5 Å². The molecule has 0 fully saturated rings. The molecular weight excluding hydrogens is 219 g/mol. The third-order valence-electron chi connectivity index (χ3n) is 1.72. The summed E-state index contributed by atoms with van der Waals surface area (Å²) in [5.41, 5.74) is -5.20. The molecule has 0 aliphatic carbocycles. The molecular formula is C7H14F3NO2S. The lowest BCUT2D eigenvalue weighted by Crippen LogP contribution is -2.38. The molecule has 86 valence electrons. The molecule has 14 heavy (non-hydrogen) atoms. The summed E-state index contributed by atoms with van der Waals surface area (Å²) in [7, 11) is -4.20. The lowest BCUT2D eigenvalue weighted by Gasteiger charge is -2.19. The number of sulfonamides is 1. The Bertz CT molecular complexity index is 271. The van der Waals surface area contributed by atoms with Gasteiger partial charge in [-0.25, -0.2) is 8.42 Å². The first-order valence-corrected chi connectivity index (χ1v) is 5.55. The van der Waals surface area contributed by atoms with Crippen molar-refractivity contribution in [3.05, 3.63) is 0 Å². The van der Waals surface area contributed by atoms with Gasteiger partial charge in [-0.15, -0.1) is 0 Å². The van der Waals surface area contributed by atoms with Gasteiger partial charge in [0.05, 0.1) is 0 Å². The molecule has 0 amide bonds. The Labute approximate surface area is 81.9 Å². The molecule has 0 atom stereocenters. The fraction of sp³-hybridized carbons (Fsp3) is 1.00. The number of halogens is 3. The monoisotopic (exact) mass is 233 g/mol. The average Bonchev–Trinajstić information content (AvgIpc) is 1.97. The van der Waals surface area contributed by atoms with E-state index in [1.165, 1.54) is 0 Å². The van der Waals surface area contributed by atoms with Crippen molar-refractivity contribution in [1.82, 2.24) is 4.31 Å². The SMILES string of the molecule is CC(C)CCN(C)S(=O)(=O)C(F)(F)F. The van der Waals surface area contributed by atoms with Gasteiger partial charge < -0.3 is 0 Å². The molecule has 0 aliphatic heterocycles. The fourth-order valence-corrected chi connectivity index (χ4v) is 1.44. The Morgan fingerprint density at radius 3 is 2.00 bits per heavy atom. The predicted octanol–water partition coefficient (Wildman–Crippen LogP) is 1.81. The summed E-state index contributed by atoms with van der Waals surface area (Å²) in [6, 6.07) is 0. The maximum Gasteiger partial charge on any atom is 0.511 e. The van der Waals surface area contributed by atoms with Crippen molar-refractivity contribution in [2.24, 2.45) is 5.92 Å². The minimum atomic E-state index is -5.20. The maximum atomic E-state index is 12.0. The molecule has 0 aromatic rings. The van der Waals surface area contributed by atoms with E-state index in [1.54, 1.807) is 0 Å². The van der Waals surface area contributed by atoms with Gasteiger partial charge in [0.1, 0.15) is 0 Å². The molecule has 3 nitrogen and oxygen atoms in total. The van der Waals surface area contributed by atoms with E-state index in [9.17, 15) is 21.6 Å². The Kier molecular flexibility index (Phi) is 4.38. The van der Waals surface area contributed by atoms with Crippen LogP contribution >= 0.6 is 0 Å². The van der Waals surface area contributed by atoms with E-state index in [4.69, 9.17) is 0 Å². The Morgan fingerprint density at radius 2 is 1.71 bits per heavy atom. The number of hydrogen-bond donors (Lipinski definition) is 0. The molecule has 0 radical (unpaired) electrons. The lowest BCUT2D eigenvalue weighted by molar-refractivity contribution is -0.0483. The Balaban J connectivity index is 4.47. The number of hydrogen-bond acceptors (Lipinski definition) is 2. The number of rotatable bonds is 4. The summed E-state index contributed by atoms with van der Waals surface area (Å²) in [5.74, 6) is 0.167. The summed E-state index contributed by atoms with van der Waals surface area (Å²) in [5, 5.41) is 0. The van der Waals surface area contributed by atoms with Crippen molar-refractivity contribution in [1.29, 1.82) is 0 Å². The standard InChI is InChI=1S/C7H14F3NO2S/c1-6(2)4-5-11(3)14(12,13)7(8,9)10/h6H,4-5H2,1-3H3. The molecule has 0 aromatic heterocycles. The van der Waals surface area contributed by atoms with Crippen molar-refractivity contribution < 1.29 is 21.6 Å². The van der Waals surface area contributed by atoms with E-state index < -0.39 is 15.5 Å². The van der Waals surface area contributed by atoms with Gasteiger partial charge in [-0.05, 0) is 12.3 Å². The highest BCUT2D eigenvalue weighted by Gasteiger charge is 2.48. The quantitative estimate of drug-likeness (QED) is 0.742. The molecule has 7 heteroatoms. The highest BCUT2D eigenvalue weighted by molar-refractivity contribution is 7.89. The molecule has 0 N–H and O–H groups in total. The maximum absolute atomic E-state index is 12.0. The third kappa shape index (κ3) is 3.45. The molecule has 0 saturated carbocycles. The van der Waals surface area contributed by atoms with Crippen LogP contribution in [0.3, 0.4) is 0 Å². The largest absolute Gasteiger partial charge is 0.511 e. The topological polar surface area (TPSA) is 37.4 Å². The first-order valence-electron chi connectivity index (χ1n) is 4.11. The van der Waals surface area contributed by atoms with Crippen molar-refractivity contribution in [2.45, 2.75) is 25.8 Å². The van der Waals surface area contributed by atoms with E-state index in [0.29, 0.717) is 10.7 Å². The highest BCUT2D eigenvalue weighted by Crippen LogP contribution is 2.26. The van der Waals surface area contributed by atoms with Crippen LogP contribution in [0.4, 0.5) is 13.2 Å². The summed E-state index contributed by atoms with van der Waals surface area (Å²) in [6.07, 6.45) is 0.409. The van der Waals surface area contributed by atoms with E-state index in [-0.39, 0.29) is 12.5 Å². The Morgan fingerprint density at radius 1 is 1.29 bits per heavy atom. The molecule has 0 aromatic carbocycles. The van der Waals surface area contributed by atoms with Crippen molar-refractivity contribution in [3.63, 3.8) is 0 Å². The molecule has 0 rings (SSSR count). The molecule has 0 saturated heterocycles. The van der Waals surface area contributed by atoms with Crippen LogP contribution in [0.1, 0.15) is 20.3 Å². The van der Waals surface area contributed by atoms with Gasteiger partial charge in [0, 0.05) is 13.6 Å². The van der Waals surface area contributed by atoms with Crippen LogP contribution in [0, 0.1) is 5.92 Å². The second kappa shape index (κ2) is 4.48. The van der Waals surface area contributed by atoms with E-state index in [1.807, 2.05) is 13.8 Å². The van der Waals surface area contributed by atoms with Gasteiger partial charge in [0.2, 0.25) is 0 Å². The van der Waals surface area contributed by atoms with Crippen molar-refractivity contribution >= 4 is 10.0 Å². The van der Waals surface area contributed by atoms with E-state index in [0.717, 1.165) is 7.05 Å². The van der Waals surface area contributed by atoms with Crippen LogP contribution in [0.5, 0.6) is 0 Å². The van der Waals surface area contributed by atoms with Crippen LogP contribution in [-0.2, 0) is 10.0 Å². The second-order valence-electron chi connectivity index (χ2n) is 3.45. The van der Waals surface area contributed by atoms with Crippen LogP contribution in [0.2, 0.25) is 0 Å². The predicted molar refractivity (Wildman–Crippen MR) is 47.1 cm³/mol. The van der Waals surface area contributed by atoms with E-state index >= 15 is 0 Å². The molecule has 0 heterocycles. The first kappa shape index (κ1) is 13.7. The fourth-order valence-electron chi connectivity index (χ4n) is 0.737. The summed E-state index contributed by atoms with van der Waals surface area (Å²) in [6.45, 7) is 3.52. The van der Waals surface area contributed by atoms with Gasteiger partial charge in [-0.2, -0.15) is 17.5 Å². The molecule has 0 aliphatic rings. The number of nitrogens with zero attached hydrogens (tertiary/aromatic N) is 1. The number of alkyl halides is 3. The summed E-state index contributed by atoms with van der Waals surface area (Å²) >= 11 is 0. The highest BCUT2D eigenvalue weighted by atomic mass is 32.2. The minimum absolute atomic E-state index is 0.112. The zero-order valence-corrected chi connectivity index (χ0v) is 9.11. The van der Waals surface area contributed by atoms with Crippen LogP contribution in [-0.4, -0.2) is 31.8 Å². The van der Waals surface area contributed by atoms with Crippen LogP contribution in [0.15, 0.2) is 0 Å². The zero-order chi connectivity index (χ0) is 11.6. The second-order valence-corrected chi connectivity index (χ2v) is 5.49. The average molecular weight is 233 g/mol.